The number of carbonyl (C=O) groups excluding carboxylic acids is 3. The number of anilines is 1. The van der Waals surface area contributed by atoms with Crippen molar-refractivity contribution >= 4 is 68.4 Å². The van der Waals surface area contributed by atoms with Gasteiger partial charge in [0.15, 0.2) is 11.5 Å². The lowest BCUT2D eigenvalue weighted by molar-refractivity contribution is -0.122. The molecule has 3 N–H and O–H groups in total. The van der Waals surface area contributed by atoms with Crippen LogP contribution in [0.4, 0.5) is 5.00 Å². The van der Waals surface area contributed by atoms with Gasteiger partial charge in [-0.2, -0.15) is 0 Å². The first-order valence-electron chi connectivity index (χ1n) is 11.6. The predicted octanol–water partition coefficient (Wildman–Crippen LogP) is 3.98. The Bertz CT molecular complexity index is 1280. The van der Waals surface area contributed by atoms with Crippen LogP contribution in [0.25, 0.3) is 6.08 Å². The molecule has 0 radical (unpaired) electrons. The molecule has 0 saturated carbocycles. The van der Waals surface area contributed by atoms with Gasteiger partial charge < -0.3 is 25.3 Å². The number of amides is 3. The van der Waals surface area contributed by atoms with Gasteiger partial charge in [-0.25, -0.2) is 0 Å². The highest BCUT2D eigenvalue weighted by atomic mass is 32.2. The van der Waals surface area contributed by atoms with Gasteiger partial charge in [0.05, 0.1) is 31.8 Å². The van der Waals surface area contributed by atoms with Crippen LogP contribution in [-0.2, 0) is 22.4 Å². The summed E-state index contributed by atoms with van der Waals surface area (Å²) in [5.74, 6) is 0.233. The molecule has 2 aliphatic rings. The lowest BCUT2D eigenvalue weighted by Crippen LogP contribution is -2.31. The Morgan fingerprint density at radius 2 is 1.81 bits per heavy atom. The standard InChI is InChI=1S/C25H27N3O6S3/c1-32-15-10-13(11-16(33-2)21(15)34-3)12-18-24(31)28(25(35)37-18)9-8-19(29)27-23-20(22(26)30)14-6-4-5-7-17(14)36-23/h10-12H,4-9H2,1-3H3,(H2,26,30)(H,27,29)/b18-12+. The molecule has 0 bridgehead atoms. The summed E-state index contributed by atoms with van der Waals surface area (Å²) in [7, 11) is 4.55. The number of hydrogen-bond acceptors (Lipinski definition) is 9. The first kappa shape index (κ1) is 27.0. The highest BCUT2D eigenvalue weighted by molar-refractivity contribution is 8.26. The fraction of sp³-hybridized carbons (Fsp3) is 0.360. The topological polar surface area (TPSA) is 120 Å². The maximum Gasteiger partial charge on any atom is 0.266 e. The second kappa shape index (κ2) is 11.5. The van der Waals surface area contributed by atoms with E-state index in [2.05, 4.69) is 5.32 Å². The van der Waals surface area contributed by atoms with E-state index in [1.807, 2.05) is 0 Å². The molecule has 4 rings (SSSR count). The number of nitrogens with zero attached hydrogens (tertiary/aromatic N) is 1. The van der Waals surface area contributed by atoms with Gasteiger partial charge in [-0.3, -0.25) is 19.3 Å². The van der Waals surface area contributed by atoms with E-state index in [9.17, 15) is 14.4 Å². The number of primary amides is 1. The van der Waals surface area contributed by atoms with Crippen molar-refractivity contribution in [2.75, 3.05) is 33.2 Å². The van der Waals surface area contributed by atoms with E-state index in [1.165, 1.54) is 37.6 Å². The summed E-state index contributed by atoms with van der Waals surface area (Å²) >= 11 is 7.98. The lowest BCUT2D eigenvalue weighted by Gasteiger charge is -2.14. The highest BCUT2D eigenvalue weighted by Crippen LogP contribution is 2.41. The van der Waals surface area contributed by atoms with Gasteiger partial charge in [0.1, 0.15) is 9.32 Å². The van der Waals surface area contributed by atoms with Crippen LogP contribution in [0.3, 0.4) is 0 Å². The first-order chi connectivity index (χ1) is 17.8. The number of benzene rings is 1. The fourth-order valence-corrected chi connectivity index (χ4v) is 6.97. The first-order valence-corrected chi connectivity index (χ1v) is 13.6. The van der Waals surface area contributed by atoms with E-state index >= 15 is 0 Å². The minimum absolute atomic E-state index is 0.0185. The number of nitrogens with two attached hydrogens (primary N) is 1. The Labute approximate surface area is 228 Å². The van der Waals surface area contributed by atoms with Crippen LogP contribution in [0.2, 0.25) is 0 Å². The third-order valence-electron chi connectivity index (χ3n) is 6.09. The molecule has 1 fully saturated rings. The number of thiophene rings is 1. The number of thioether (sulfide) groups is 1. The normalized spacial score (nSPS) is 16.1. The zero-order chi connectivity index (χ0) is 26.7. The van der Waals surface area contributed by atoms with Gasteiger partial charge in [0.25, 0.3) is 11.8 Å². The Kier molecular flexibility index (Phi) is 8.40. The van der Waals surface area contributed by atoms with Gasteiger partial charge >= 0.3 is 0 Å². The minimum atomic E-state index is -0.538. The SMILES string of the molecule is COc1cc(/C=C2/SC(=S)N(CCC(=O)Nc3sc4c(c3C(N)=O)CCCC4)C2=O)cc(OC)c1OC. The van der Waals surface area contributed by atoms with E-state index in [1.54, 1.807) is 18.2 Å². The van der Waals surface area contributed by atoms with E-state index in [4.69, 9.17) is 32.2 Å². The van der Waals surface area contributed by atoms with Crippen molar-refractivity contribution in [2.24, 2.45) is 5.73 Å². The molecule has 1 aliphatic carbocycles. The molecule has 1 saturated heterocycles. The number of thiocarbonyl (C=S) groups is 1. The van der Waals surface area contributed by atoms with E-state index in [0.29, 0.717) is 42.6 Å². The van der Waals surface area contributed by atoms with Gasteiger partial charge in [-0.05, 0) is 55.0 Å². The molecule has 12 heteroatoms. The molecule has 1 aliphatic heterocycles. The maximum atomic E-state index is 13.1. The van der Waals surface area contributed by atoms with Crippen molar-refractivity contribution in [1.29, 1.82) is 0 Å². The molecule has 0 atom stereocenters. The molecule has 0 spiro atoms. The molecular formula is C25H27N3O6S3. The smallest absolute Gasteiger partial charge is 0.266 e. The zero-order valence-electron chi connectivity index (χ0n) is 20.7. The summed E-state index contributed by atoms with van der Waals surface area (Å²) in [6.45, 7) is 0.111. The Morgan fingerprint density at radius 1 is 1.14 bits per heavy atom. The number of fused-ring (bicyclic) bond motifs is 1. The number of methoxy groups -OCH3 is 3. The second-order valence-electron chi connectivity index (χ2n) is 8.37. The van der Waals surface area contributed by atoms with Crippen molar-refractivity contribution in [3.8, 4) is 17.2 Å². The number of aryl methyl sites for hydroxylation is 1. The summed E-state index contributed by atoms with van der Waals surface area (Å²) < 4.78 is 16.5. The molecule has 1 aromatic heterocycles. The molecule has 1 aromatic carbocycles. The van der Waals surface area contributed by atoms with Crippen molar-refractivity contribution in [1.82, 2.24) is 4.90 Å². The maximum absolute atomic E-state index is 13.1. The molecule has 2 heterocycles. The van der Waals surface area contributed by atoms with Gasteiger partial charge in [-0.15, -0.1) is 11.3 Å². The van der Waals surface area contributed by atoms with Crippen molar-refractivity contribution in [2.45, 2.75) is 32.1 Å². The Balaban J connectivity index is 1.45. The molecule has 196 valence electrons. The highest BCUT2D eigenvalue weighted by Gasteiger charge is 2.33. The average Bonchev–Trinajstić information content (AvgIpc) is 3.37. The van der Waals surface area contributed by atoms with Crippen molar-refractivity contribution in [3.05, 3.63) is 38.6 Å². The van der Waals surface area contributed by atoms with Crippen LogP contribution < -0.4 is 25.3 Å². The molecule has 2 aromatic rings. The zero-order valence-corrected chi connectivity index (χ0v) is 23.1. The largest absolute Gasteiger partial charge is 0.493 e. The fourth-order valence-electron chi connectivity index (χ4n) is 4.35. The quantitative estimate of drug-likeness (QED) is 0.349. The predicted molar refractivity (Wildman–Crippen MR) is 149 cm³/mol. The number of rotatable bonds is 9. The second-order valence-corrected chi connectivity index (χ2v) is 11.2. The third kappa shape index (κ3) is 5.60. The van der Waals surface area contributed by atoms with E-state index in [0.717, 1.165) is 47.9 Å². The summed E-state index contributed by atoms with van der Waals surface area (Å²) in [4.78, 5) is 40.8. The van der Waals surface area contributed by atoms with Crippen molar-refractivity contribution in [3.63, 3.8) is 0 Å². The molecule has 3 amide bonds. The minimum Gasteiger partial charge on any atom is -0.493 e. The summed E-state index contributed by atoms with van der Waals surface area (Å²) in [6.07, 6.45) is 5.43. The lowest BCUT2D eigenvalue weighted by atomic mass is 9.95. The summed E-state index contributed by atoms with van der Waals surface area (Å²) in [5.41, 5.74) is 7.65. The Morgan fingerprint density at radius 3 is 2.43 bits per heavy atom. The van der Waals surface area contributed by atoms with Gasteiger partial charge in [0, 0.05) is 17.8 Å². The molecule has 0 unspecified atom stereocenters. The van der Waals surface area contributed by atoms with Crippen LogP contribution in [0, 0.1) is 0 Å². The van der Waals surface area contributed by atoms with Gasteiger partial charge in [0.2, 0.25) is 11.7 Å². The van der Waals surface area contributed by atoms with E-state index < -0.39 is 5.91 Å². The molecular weight excluding hydrogens is 534 g/mol. The van der Waals surface area contributed by atoms with E-state index in [-0.39, 0.29) is 24.8 Å². The van der Waals surface area contributed by atoms with Crippen LogP contribution in [0.1, 0.15) is 45.6 Å². The number of carbonyl (C=O) groups is 3. The average molecular weight is 562 g/mol. The van der Waals surface area contributed by atoms with Gasteiger partial charge in [-0.1, -0.05) is 24.0 Å². The monoisotopic (exact) mass is 561 g/mol. The molecule has 37 heavy (non-hydrogen) atoms. The molecule has 9 nitrogen and oxygen atoms in total. The Hall–Kier alpha value is -3.09. The van der Waals surface area contributed by atoms with Crippen LogP contribution in [0.15, 0.2) is 17.0 Å². The van der Waals surface area contributed by atoms with Crippen LogP contribution in [-0.4, -0.2) is 54.8 Å². The van der Waals surface area contributed by atoms with Crippen molar-refractivity contribution < 1.29 is 28.6 Å². The summed E-state index contributed by atoms with van der Waals surface area (Å²) in [6, 6.07) is 3.47. The summed E-state index contributed by atoms with van der Waals surface area (Å²) in [5, 5.41) is 3.31. The van der Waals surface area contributed by atoms with Crippen LogP contribution >= 0.6 is 35.3 Å². The van der Waals surface area contributed by atoms with Crippen LogP contribution in [0.5, 0.6) is 17.2 Å². The third-order valence-corrected chi connectivity index (χ3v) is 8.68. The number of nitrogens with one attached hydrogen (secondary N) is 1. The number of ether oxygens (including phenoxy) is 3. The number of hydrogen-bond donors (Lipinski definition) is 2.